The van der Waals surface area contributed by atoms with Gasteiger partial charge in [0.05, 0.1) is 23.4 Å². The second kappa shape index (κ2) is 8.69. The third-order valence-corrected chi connectivity index (χ3v) is 4.51. The Labute approximate surface area is 188 Å². The van der Waals surface area contributed by atoms with Crippen LogP contribution in [0, 0.1) is 5.82 Å². The molecule has 170 valence electrons. The topological polar surface area (TPSA) is 120 Å². The molecule has 0 aliphatic heterocycles. The Morgan fingerprint density at radius 3 is 2.64 bits per heavy atom. The molecule has 0 aliphatic rings. The van der Waals surface area contributed by atoms with E-state index < -0.39 is 11.8 Å². The lowest BCUT2D eigenvalue weighted by Gasteiger charge is -2.12. The van der Waals surface area contributed by atoms with Gasteiger partial charge in [-0.25, -0.2) is 19.2 Å². The summed E-state index contributed by atoms with van der Waals surface area (Å²) in [6.45, 7) is 5.89. The Balaban J connectivity index is 1.46. The molecule has 0 bridgehead atoms. The van der Waals surface area contributed by atoms with E-state index in [2.05, 4.69) is 30.7 Å². The Hall–Kier alpha value is -4.28. The zero-order valence-electron chi connectivity index (χ0n) is 18.5. The summed E-state index contributed by atoms with van der Waals surface area (Å²) in [5.41, 5.74) is 1.56. The fourth-order valence-corrected chi connectivity index (χ4v) is 2.80. The molecule has 0 saturated carbocycles. The van der Waals surface area contributed by atoms with Crippen LogP contribution in [0.2, 0.25) is 0 Å². The van der Waals surface area contributed by atoms with E-state index in [9.17, 15) is 9.18 Å². The van der Waals surface area contributed by atoms with Gasteiger partial charge in [0.15, 0.2) is 0 Å². The molecule has 0 atom stereocenters. The minimum Gasteiger partial charge on any atom is -0.424 e. The molecule has 0 unspecified atom stereocenters. The van der Waals surface area contributed by atoms with Gasteiger partial charge in [-0.05, 0) is 18.2 Å². The number of nitrogens with one attached hydrogen (secondary N) is 2. The number of aromatic nitrogens is 5. The maximum atomic E-state index is 14.3. The summed E-state index contributed by atoms with van der Waals surface area (Å²) in [6, 6.07) is 6.56. The van der Waals surface area contributed by atoms with Crippen molar-refractivity contribution >= 4 is 17.6 Å². The maximum Gasteiger partial charge on any atom is 0.326 e. The SMILES string of the molecule is Cn1cnc(-c2ccnc(Oc3ccc(F)c(NC(=O)Nc4cc(C(C)(C)C)no4)c3)n2)c1. The molecular formula is C22H22FN7O3. The van der Waals surface area contributed by atoms with Gasteiger partial charge in [0.2, 0.25) is 5.88 Å². The first-order chi connectivity index (χ1) is 15.7. The molecule has 0 spiro atoms. The number of benzene rings is 1. The number of amides is 2. The van der Waals surface area contributed by atoms with Gasteiger partial charge in [-0.2, -0.15) is 4.98 Å². The van der Waals surface area contributed by atoms with Crippen molar-refractivity contribution in [1.82, 2.24) is 24.7 Å². The molecule has 33 heavy (non-hydrogen) atoms. The van der Waals surface area contributed by atoms with Crippen LogP contribution in [0.25, 0.3) is 11.4 Å². The molecule has 4 aromatic rings. The van der Waals surface area contributed by atoms with Crippen LogP contribution in [-0.2, 0) is 12.5 Å². The fraction of sp³-hybridized carbons (Fsp3) is 0.227. The number of ether oxygens (including phenoxy) is 1. The summed E-state index contributed by atoms with van der Waals surface area (Å²) in [4.78, 5) is 25.0. The molecule has 3 heterocycles. The Bertz CT molecular complexity index is 1290. The molecule has 0 aliphatic carbocycles. The monoisotopic (exact) mass is 451 g/mol. The highest BCUT2D eigenvalue weighted by Gasteiger charge is 2.20. The zero-order chi connectivity index (χ0) is 23.6. The average Bonchev–Trinajstić information content (AvgIpc) is 3.40. The Morgan fingerprint density at radius 1 is 1.12 bits per heavy atom. The number of carbonyl (C=O) groups is 1. The summed E-state index contributed by atoms with van der Waals surface area (Å²) < 4.78 is 26.9. The van der Waals surface area contributed by atoms with E-state index in [0.29, 0.717) is 17.1 Å². The van der Waals surface area contributed by atoms with E-state index in [1.54, 1.807) is 23.0 Å². The summed E-state index contributed by atoms with van der Waals surface area (Å²) in [6.07, 6.45) is 5.00. The Morgan fingerprint density at radius 2 is 1.94 bits per heavy atom. The highest BCUT2D eigenvalue weighted by atomic mass is 19.1. The van der Waals surface area contributed by atoms with Crippen LogP contribution in [0.15, 0.2) is 53.6 Å². The van der Waals surface area contributed by atoms with Crippen molar-refractivity contribution in [3.63, 3.8) is 0 Å². The number of halogens is 1. The highest BCUT2D eigenvalue weighted by molar-refractivity contribution is 5.99. The fourth-order valence-electron chi connectivity index (χ4n) is 2.80. The molecule has 0 radical (unpaired) electrons. The molecule has 4 rings (SSSR count). The van der Waals surface area contributed by atoms with Crippen molar-refractivity contribution in [2.24, 2.45) is 7.05 Å². The van der Waals surface area contributed by atoms with Gasteiger partial charge in [-0.15, -0.1) is 0 Å². The Kier molecular flexibility index (Phi) is 5.78. The van der Waals surface area contributed by atoms with Gasteiger partial charge in [0.1, 0.15) is 17.3 Å². The number of hydrogen-bond donors (Lipinski definition) is 2. The van der Waals surface area contributed by atoms with Gasteiger partial charge in [-0.1, -0.05) is 25.9 Å². The van der Waals surface area contributed by atoms with Crippen molar-refractivity contribution in [3.8, 4) is 23.1 Å². The maximum absolute atomic E-state index is 14.3. The third kappa shape index (κ3) is 5.32. The van der Waals surface area contributed by atoms with Crippen molar-refractivity contribution in [2.45, 2.75) is 26.2 Å². The van der Waals surface area contributed by atoms with Crippen LogP contribution in [0.5, 0.6) is 11.8 Å². The number of rotatable bonds is 5. The summed E-state index contributed by atoms with van der Waals surface area (Å²) in [5.74, 6) is -0.266. The molecular weight excluding hydrogens is 429 g/mol. The van der Waals surface area contributed by atoms with Crippen LogP contribution in [0.1, 0.15) is 26.5 Å². The third-order valence-electron chi connectivity index (χ3n) is 4.51. The molecule has 2 amide bonds. The first-order valence-electron chi connectivity index (χ1n) is 10.0. The second-order valence-electron chi connectivity index (χ2n) is 8.30. The molecule has 1 aromatic carbocycles. The number of imidazole rings is 1. The highest BCUT2D eigenvalue weighted by Crippen LogP contribution is 2.27. The van der Waals surface area contributed by atoms with Crippen molar-refractivity contribution in [1.29, 1.82) is 0 Å². The van der Waals surface area contributed by atoms with Gasteiger partial charge < -0.3 is 19.1 Å². The number of nitrogens with zero attached hydrogens (tertiary/aromatic N) is 5. The molecule has 2 N–H and O–H groups in total. The summed E-state index contributed by atoms with van der Waals surface area (Å²) >= 11 is 0. The minimum atomic E-state index is -0.698. The number of urea groups is 1. The molecule has 0 fully saturated rings. The van der Waals surface area contributed by atoms with E-state index in [-0.39, 0.29) is 28.7 Å². The van der Waals surface area contributed by atoms with E-state index in [1.807, 2.05) is 34.0 Å². The lowest BCUT2D eigenvalue weighted by molar-refractivity contribution is 0.261. The molecule has 3 aromatic heterocycles. The van der Waals surface area contributed by atoms with Crippen LogP contribution >= 0.6 is 0 Å². The number of anilines is 2. The number of hydrogen-bond acceptors (Lipinski definition) is 7. The first-order valence-corrected chi connectivity index (χ1v) is 10.0. The molecule has 10 nitrogen and oxygen atoms in total. The summed E-state index contributed by atoms with van der Waals surface area (Å²) in [5, 5.41) is 8.84. The van der Waals surface area contributed by atoms with E-state index in [4.69, 9.17) is 9.26 Å². The van der Waals surface area contributed by atoms with Gasteiger partial charge in [-0.3, -0.25) is 5.32 Å². The number of carbonyl (C=O) groups excluding carboxylic acids is 1. The molecule has 0 saturated heterocycles. The molecule has 11 heteroatoms. The largest absolute Gasteiger partial charge is 0.424 e. The van der Waals surface area contributed by atoms with Crippen molar-refractivity contribution < 1.29 is 18.4 Å². The van der Waals surface area contributed by atoms with Crippen molar-refractivity contribution in [3.05, 3.63) is 60.6 Å². The predicted octanol–water partition coefficient (Wildman–Crippen LogP) is 4.74. The summed E-state index contributed by atoms with van der Waals surface area (Å²) in [7, 11) is 1.85. The van der Waals surface area contributed by atoms with Crippen molar-refractivity contribution in [2.75, 3.05) is 10.6 Å². The minimum absolute atomic E-state index is 0.0523. The lowest BCUT2D eigenvalue weighted by Crippen LogP contribution is -2.20. The standard InChI is InChI=1S/C22H22FN7O3/c1-22(2,3)18-10-19(33-29-18)28-20(31)26-16-9-13(5-6-14(16)23)32-21-24-8-7-15(27-21)17-11-30(4)12-25-17/h5-12H,1-4H3,(H2,26,28,31). The second-order valence-corrected chi connectivity index (χ2v) is 8.30. The smallest absolute Gasteiger partial charge is 0.326 e. The normalized spacial score (nSPS) is 11.3. The van der Waals surface area contributed by atoms with E-state index in [1.165, 1.54) is 24.4 Å². The van der Waals surface area contributed by atoms with E-state index >= 15 is 0 Å². The van der Waals surface area contributed by atoms with Gasteiger partial charge in [0.25, 0.3) is 0 Å². The van der Waals surface area contributed by atoms with Gasteiger partial charge >= 0.3 is 12.0 Å². The van der Waals surface area contributed by atoms with E-state index in [0.717, 1.165) is 0 Å². The van der Waals surface area contributed by atoms with Crippen LogP contribution in [0.4, 0.5) is 20.8 Å². The van der Waals surface area contributed by atoms with Crippen LogP contribution < -0.4 is 15.4 Å². The predicted molar refractivity (Wildman–Crippen MR) is 119 cm³/mol. The average molecular weight is 451 g/mol. The lowest BCUT2D eigenvalue weighted by atomic mass is 9.92. The van der Waals surface area contributed by atoms with Crippen LogP contribution in [-0.4, -0.2) is 30.7 Å². The quantitative estimate of drug-likeness (QED) is 0.450. The zero-order valence-corrected chi connectivity index (χ0v) is 18.5. The van der Waals surface area contributed by atoms with Gasteiger partial charge in [0, 0.05) is 37.0 Å². The van der Waals surface area contributed by atoms with Crippen LogP contribution in [0.3, 0.4) is 0 Å². The first kappa shape index (κ1) is 21.9. The number of aryl methyl sites for hydroxylation is 1.